The summed E-state index contributed by atoms with van der Waals surface area (Å²) in [5.74, 6) is -3.08. The van der Waals surface area contributed by atoms with Crippen LogP contribution in [0.4, 0.5) is 13.6 Å². The van der Waals surface area contributed by atoms with Gasteiger partial charge in [-0.05, 0) is 12.8 Å². The lowest BCUT2D eigenvalue weighted by molar-refractivity contribution is -0.0502. The number of nitrogens with two attached hydrogens (primary N) is 1. The van der Waals surface area contributed by atoms with Gasteiger partial charge in [0.1, 0.15) is 6.61 Å². The summed E-state index contributed by atoms with van der Waals surface area (Å²) in [6.07, 6.45) is 1.20. The van der Waals surface area contributed by atoms with Crippen molar-refractivity contribution in [3.8, 4) is 0 Å². The van der Waals surface area contributed by atoms with Crippen molar-refractivity contribution in [2.24, 2.45) is 5.73 Å². The Balaban J connectivity index is 2.25. The van der Waals surface area contributed by atoms with Gasteiger partial charge in [-0.25, -0.2) is 13.6 Å². The summed E-state index contributed by atoms with van der Waals surface area (Å²) in [7, 11) is 0. The highest BCUT2D eigenvalue weighted by atomic mass is 19.3. The minimum atomic E-state index is -3.08. The van der Waals surface area contributed by atoms with Crippen LogP contribution in [0.2, 0.25) is 0 Å². The number of nitrogens with one attached hydrogen (secondary N) is 1. The van der Waals surface area contributed by atoms with Crippen LogP contribution in [0.25, 0.3) is 0 Å². The number of carbonyl (C=O) groups excluding carboxylic acids is 1. The van der Waals surface area contributed by atoms with E-state index in [9.17, 15) is 13.6 Å². The van der Waals surface area contributed by atoms with E-state index in [4.69, 9.17) is 10.8 Å². The molecule has 1 rings (SSSR count). The van der Waals surface area contributed by atoms with E-state index in [1.54, 1.807) is 0 Å². The van der Waals surface area contributed by atoms with Crippen molar-refractivity contribution in [1.29, 1.82) is 0 Å². The molecular formula is C9H17F2N3O2. The SMILES string of the molecule is NC(=O)N1CCC(NCC(F)(F)CO)CC1. The maximum atomic E-state index is 12.7. The van der Waals surface area contributed by atoms with Crippen LogP contribution < -0.4 is 11.1 Å². The van der Waals surface area contributed by atoms with Crippen LogP contribution in [0.3, 0.4) is 0 Å². The van der Waals surface area contributed by atoms with Gasteiger partial charge >= 0.3 is 6.03 Å². The van der Waals surface area contributed by atoms with Crippen LogP contribution in [-0.2, 0) is 0 Å². The van der Waals surface area contributed by atoms with E-state index in [2.05, 4.69) is 5.32 Å². The zero-order valence-corrected chi connectivity index (χ0v) is 8.96. The Kier molecular flexibility index (Phi) is 4.43. The third-order valence-electron chi connectivity index (χ3n) is 2.69. The van der Waals surface area contributed by atoms with E-state index in [1.807, 2.05) is 0 Å². The number of piperidine rings is 1. The van der Waals surface area contributed by atoms with Gasteiger partial charge < -0.3 is 21.1 Å². The molecular weight excluding hydrogens is 220 g/mol. The van der Waals surface area contributed by atoms with Gasteiger partial charge in [0, 0.05) is 19.1 Å². The number of hydrogen-bond acceptors (Lipinski definition) is 3. The summed E-state index contributed by atoms with van der Waals surface area (Å²) in [6, 6.07) is -0.521. The van der Waals surface area contributed by atoms with Gasteiger partial charge in [-0.2, -0.15) is 0 Å². The topological polar surface area (TPSA) is 78.6 Å². The minimum Gasteiger partial charge on any atom is -0.390 e. The third kappa shape index (κ3) is 3.90. The van der Waals surface area contributed by atoms with Crippen LogP contribution in [-0.4, -0.2) is 54.2 Å². The molecule has 1 saturated heterocycles. The first-order valence-electron chi connectivity index (χ1n) is 5.21. The normalized spacial score (nSPS) is 18.8. The Morgan fingerprint density at radius 2 is 2.06 bits per heavy atom. The average Bonchev–Trinajstić information content (AvgIpc) is 2.27. The van der Waals surface area contributed by atoms with E-state index < -0.39 is 25.1 Å². The maximum Gasteiger partial charge on any atom is 0.314 e. The maximum absolute atomic E-state index is 12.7. The molecule has 0 spiro atoms. The van der Waals surface area contributed by atoms with Crippen LogP contribution in [0.5, 0.6) is 0 Å². The van der Waals surface area contributed by atoms with Crippen LogP contribution in [0.1, 0.15) is 12.8 Å². The predicted octanol–water partition coefficient (Wildman–Crippen LogP) is -0.253. The average molecular weight is 237 g/mol. The van der Waals surface area contributed by atoms with Gasteiger partial charge in [0.2, 0.25) is 0 Å². The number of carbonyl (C=O) groups is 1. The van der Waals surface area contributed by atoms with E-state index in [0.717, 1.165) is 0 Å². The molecule has 0 aromatic heterocycles. The second kappa shape index (κ2) is 5.40. The fraction of sp³-hybridized carbons (Fsp3) is 0.889. The first kappa shape index (κ1) is 13.1. The van der Waals surface area contributed by atoms with E-state index in [-0.39, 0.29) is 6.04 Å². The predicted molar refractivity (Wildman–Crippen MR) is 54.2 cm³/mol. The van der Waals surface area contributed by atoms with Crippen molar-refractivity contribution in [3.05, 3.63) is 0 Å². The van der Waals surface area contributed by atoms with Crippen molar-refractivity contribution in [2.45, 2.75) is 24.8 Å². The molecule has 0 bridgehead atoms. The summed E-state index contributed by atoms with van der Waals surface area (Å²) < 4.78 is 25.4. The quantitative estimate of drug-likeness (QED) is 0.630. The Morgan fingerprint density at radius 1 is 1.50 bits per heavy atom. The molecule has 0 unspecified atom stereocenters. The molecule has 94 valence electrons. The van der Waals surface area contributed by atoms with Gasteiger partial charge in [0.25, 0.3) is 5.92 Å². The van der Waals surface area contributed by atoms with E-state index in [0.29, 0.717) is 25.9 Å². The minimum absolute atomic E-state index is 0.0481. The molecule has 2 amide bonds. The second-order valence-corrected chi connectivity index (χ2v) is 3.99. The molecule has 1 aliphatic rings. The number of urea groups is 1. The van der Waals surface area contributed by atoms with Crippen LogP contribution >= 0.6 is 0 Å². The van der Waals surface area contributed by atoms with Gasteiger partial charge in [-0.1, -0.05) is 0 Å². The zero-order chi connectivity index (χ0) is 12.2. The lowest BCUT2D eigenvalue weighted by Crippen LogP contribution is -2.49. The Morgan fingerprint density at radius 3 is 2.50 bits per heavy atom. The van der Waals surface area contributed by atoms with E-state index >= 15 is 0 Å². The lowest BCUT2D eigenvalue weighted by Gasteiger charge is -2.32. The Bertz CT molecular complexity index is 243. The van der Waals surface area contributed by atoms with Gasteiger partial charge in [0.15, 0.2) is 0 Å². The van der Waals surface area contributed by atoms with Gasteiger partial charge in [-0.3, -0.25) is 0 Å². The van der Waals surface area contributed by atoms with Crippen molar-refractivity contribution >= 4 is 6.03 Å². The summed E-state index contributed by atoms with van der Waals surface area (Å²) in [5.41, 5.74) is 5.09. The number of aliphatic hydroxyl groups is 1. The highest BCUT2D eigenvalue weighted by Gasteiger charge is 2.29. The molecule has 0 aromatic rings. The first-order valence-corrected chi connectivity index (χ1v) is 5.21. The number of amides is 2. The Hall–Kier alpha value is -0.950. The number of primary amides is 1. The smallest absolute Gasteiger partial charge is 0.314 e. The number of halogens is 2. The monoisotopic (exact) mass is 237 g/mol. The lowest BCUT2D eigenvalue weighted by atomic mass is 10.1. The third-order valence-corrected chi connectivity index (χ3v) is 2.69. The molecule has 1 aliphatic heterocycles. The summed E-state index contributed by atoms with van der Waals surface area (Å²) in [6.45, 7) is -0.722. The summed E-state index contributed by atoms with van der Waals surface area (Å²) in [4.78, 5) is 12.3. The zero-order valence-electron chi connectivity index (χ0n) is 8.96. The standard InChI is InChI=1S/C9H17F2N3O2/c10-9(11,6-15)5-13-7-1-3-14(4-2-7)8(12)16/h7,13,15H,1-6H2,(H2,12,16). The summed E-state index contributed by atoms with van der Waals surface area (Å²) in [5, 5.41) is 11.1. The number of rotatable bonds is 4. The molecule has 0 atom stereocenters. The molecule has 0 aromatic carbocycles. The molecule has 7 heteroatoms. The largest absolute Gasteiger partial charge is 0.390 e. The number of nitrogens with zero attached hydrogens (tertiary/aromatic N) is 1. The molecule has 4 N–H and O–H groups in total. The number of hydrogen-bond donors (Lipinski definition) is 3. The number of aliphatic hydroxyl groups excluding tert-OH is 1. The molecule has 0 saturated carbocycles. The molecule has 0 radical (unpaired) electrons. The van der Waals surface area contributed by atoms with Gasteiger partial charge in [-0.15, -0.1) is 0 Å². The second-order valence-electron chi connectivity index (χ2n) is 3.99. The van der Waals surface area contributed by atoms with Crippen molar-refractivity contribution in [2.75, 3.05) is 26.2 Å². The number of likely N-dealkylation sites (tertiary alicyclic amines) is 1. The molecule has 5 nitrogen and oxygen atoms in total. The van der Waals surface area contributed by atoms with Crippen molar-refractivity contribution < 1.29 is 18.7 Å². The van der Waals surface area contributed by atoms with E-state index in [1.165, 1.54) is 4.90 Å². The van der Waals surface area contributed by atoms with Crippen LogP contribution in [0, 0.1) is 0 Å². The molecule has 1 fully saturated rings. The van der Waals surface area contributed by atoms with Crippen molar-refractivity contribution in [3.63, 3.8) is 0 Å². The van der Waals surface area contributed by atoms with Gasteiger partial charge in [0.05, 0.1) is 6.54 Å². The fourth-order valence-electron chi connectivity index (χ4n) is 1.65. The van der Waals surface area contributed by atoms with Crippen LogP contribution in [0.15, 0.2) is 0 Å². The first-order chi connectivity index (χ1) is 7.44. The Labute approximate surface area is 92.6 Å². The summed E-state index contributed by atoms with van der Waals surface area (Å²) >= 11 is 0. The fourth-order valence-corrected chi connectivity index (χ4v) is 1.65. The molecule has 1 heterocycles. The number of alkyl halides is 2. The van der Waals surface area contributed by atoms with Crippen molar-refractivity contribution in [1.82, 2.24) is 10.2 Å². The highest BCUT2D eigenvalue weighted by molar-refractivity contribution is 5.72. The molecule has 16 heavy (non-hydrogen) atoms. The molecule has 0 aliphatic carbocycles. The highest BCUT2D eigenvalue weighted by Crippen LogP contribution is 2.14.